The fraction of sp³-hybridized carbons (Fsp3) is 0.333. The molecule has 5 nitrogen and oxygen atoms in total. The summed E-state index contributed by atoms with van der Waals surface area (Å²) in [7, 11) is 0. The molecule has 2 aromatic carbocycles. The highest BCUT2D eigenvalue weighted by Crippen LogP contribution is 2.17. The Bertz CT molecular complexity index is 815. The number of hydrogen-bond acceptors (Lipinski definition) is 3. The zero-order chi connectivity index (χ0) is 19.2. The van der Waals surface area contributed by atoms with Crippen LogP contribution in [0.25, 0.3) is 0 Å². The molecular weight excluding hydrogens is 358 g/mol. The standard InChI is InChI=1S/C21H25N3O2S/c1-15-3-8-19(16(2)13-15)23-21(27)22-18-6-4-17(5-7-18)14-20(25)24-9-11-26-12-10-24/h3-8,13H,9-12,14H2,1-2H3,(H2,22,23,27). The molecule has 1 aliphatic rings. The summed E-state index contributed by atoms with van der Waals surface area (Å²) in [6.45, 7) is 6.73. The summed E-state index contributed by atoms with van der Waals surface area (Å²) in [5.74, 6) is 0.144. The number of nitrogens with zero attached hydrogens (tertiary/aromatic N) is 1. The summed E-state index contributed by atoms with van der Waals surface area (Å²) in [5.41, 5.74) is 5.24. The van der Waals surface area contributed by atoms with Crippen LogP contribution < -0.4 is 10.6 Å². The Morgan fingerprint density at radius 2 is 1.78 bits per heavy atom. The molecule has 0 spiro atoms. The Kier molecular flexibility index (Phi) is 6.42. The van der Waals surface area contributed by atoms with E-state index in [0.29, 0.717) is 37.8 Å². The van der Waals surface area contributed by atoms with Crippen molar-refractivity contribution in [3.63, 3.8) is 0 Å². The predicted molar refractivity (Wildman–Crippen MR) is 113 cm³/mol. The van der Waals surface area contributed by atoms with Crippen molar-refractivity contribution < 1.29 is 9.53 Å². The van der Waals surface area contributed by atoms with Crippen molar-refractivity contribution in [2.24, 2.45) is 0 Å². The van der Waals surface area contributed by atoms with Gasteiger partial charge in [-0.25, -0.2) is 0 Å². The first-order chi connectivity index (χ1) is 13.0. The zero-order valence-corrected chi connectivity index (χ0v) is 16.6. The highest BCUT2D eigenvalue weighted by atomic mass is 32.1. The zero-order valence-electron chi connectivity index (χ0n) is 15.7. The Labute approximate surface area is 165 Å². The van der Waals surface area contributed by atoms with E-state index < -0.39 is 0 Å². The fourth-order valence-electron chi connectivity index (χ4n) is 3.04. The third-order valence-corrected chi connectivity index (χ3v) is 4.77. The number of hydrogen-bond donors (Lipinski definition) is 2. The number of benzene rings is 2. The number of morpholine rings is 1. The Morgan fingerprint density at radius 3 is 2.44 bits per heavy atom. The van der Waals surface area contributed by atoms with Crippen molar-refractivity contribution in [2.45, 2.75) is 20.3 Å². The van der Waals surface area contributed by atoms with E-state index in [1.54, 1.807) is 0 Å². The largest absolute Gasteiger partial charge is 0.378 e. The van der Waals surface area contributed by atoms with Gasteiger partial charge in [0.25, 0.3) is 0 Å². The number of ether oxygens (including phenoxy) is 1. The second-order valence-corrected chi connectivity index (χ2v) is 7.17. The molecule has 1 aliphatic heterocycles. The van der Waals surface area contributed by atoms with Crippen molar-refractivity contribution in [1.29, 1.82) is 0 Å². The fourth-order valence-corrected chi connectivity index (χ4v) is 3.27. The number of thiocarbonyl (C=S) groups is 1. The SMILES string of the molecule is Cc1ccc(NC(=S)Nc2ccc(CC(=O)N3CCOCC3)cc2)c(C)c1. The number of anilines is 2. The first-order valence-electron chi connectivity index (χ1n) is 9.11. The lowest BCUT2D eigenvalue weighted by Crippen LogP contribution is -2.41. The summed E-state index contributed by atoms with van der Waals surface area (Å²) in [4.78, 5) is 14.2. The topological polar surface area (TPSA) is 53.6 Å². The number of amides is 1. The Balaban J connectivity index is 1.53. The lowest BCUT2D eigenvalue weighted by molar-refractivity contribution is -0.134. The number of aryl methyl sites for hydroxylation is 2. The van der Waals surface area contributed by atoms with Gasteiger partial charge in [0.2, 0.25) is 5.91 Å². The quantitative estimate of drug-likeness (QED) is 0.792. The number of carbonyl (C=O) groups excluding carboxylic acids is 1. The predicted octanol–water partition coefficient (Wildman–Crippen LogP) is 3.51. The molecule has 0 bridgehead atoms. The molecule has 2 N–H and O–H groups in total. The van der Waals surface area contributed by atoms with E-state index in [-0.39, 0.29) is 5.91 Å². The minimum atomic E-state index is 0.144. The Hall–Kier alpha value is -2.44. The first kappa shape index (κ1) is 19.3. The highest BCUT2D eigenvalue weighted by molar-refractivity contribution is 7.80. The molecule has 2 aromatic rings. The maximum atomic E-state index is 12.3. The van der Waals surface area contributed by atoms with Gasteiger partial charge in [-0.2, -0.15) is 0 Å². The van der Waals surface area contributed by atoms with Crippen molar-refractivity contribution in [2.75, 3.05) is 36.9 Å². The van der Waals surface area contributed by atoms with Crippen LogP contribution in [0.1, 0.15) is 16.7 Å². The van der Waals surface area contributed by atoms with Crippen LogP contribution in [0.2, 0.25) is 0 Å². The van der Waals surface area contributed by atoms with Gasteiger partial charge in [0.05, 0.1) is 19.6 Å². The van der Waals surface area contributed by atoms with Crippen LogP contribution in [0.3, 0.4) is 0 Å². The molecular formula is C21H25N3O2S. The van der Waals surface area contributed by atoms with Crippen molar-refractivity contribution >= 4 is 34.6 Å². The maximum Gasteiger partial charge on any atom is 0.227 e. The molecule has 0 atom stereocenters. The van der Waals surface area contributed by atoms with E-state index in [1.165, 1.54) is 5.56 Å². The van der Waals surface area contributed by atoms with Crippen LogP contribution in [0.4, 0.5) is 11.4 Å². The monoisotopic (exact) mass is 383 g/mol. The molecule has 0 aliphatic carbocycles. The summed E-state index contributed by atoms with van der Waals surface area (Å²) in [6.07, 6.45) is 0.408. The van der Waals surface area contributed by atoms with E-state index in [9.17, 15) is 4.79 Å². The summed E-state index contributed by atoms with van der Waals surface area (Å²) < 4.78 is 5.29. The number of nitrogens with one attached hydrogen (secondary N) is 2. The molecule has 0 unspecified atom stereocenters. The van der Waals surface area contributed by atoms with Gasteiger partial charge in [-0.1, -0.05) is 29.8 Å². The third-order valence-electron chi connectivity index (χ3n) is 4.56. The van der Waals surface area contributed by atoms with Gasteiger partial charge in [0.15, 0.2) is 5.11 Å². The van der Waals surface area contributed by atoms with Gasteiger partial charge in [-0.15, -0.1) is 0 Å². The van der Waals surface area contributed by atoms with Crippen molar-refractivity contribution in [3.8, 4) is 0 Å². The summed E-state index contributed by atoms with van der Waals surface area (Å²) in [6, 6.07) is 14.0. The molecule has 3 rings (SSSR count). The average Bonchev–Trinajstić information content (AvgIpc) is 2.66. The van der Waals surface area contributed by atoms with Gasteiger partial charge in [0.1, 0.15) is 0 Å². The molecule has 0 radical (unpaired) electrons. The van der Waals surface area contributed by atoms with E-state index >= 15 is 0 Å². The first-order valence-corrected chi connectivity index (χ1v) is 9.52. The van der Waals surface area contributed by atoms with Crippen LogP contribution in [-0.4, -0.2) is 42.2 Å². The third kappa shape index (κ3) is 5.52. The van der Waals surface area contributed by atoms with Crippen LogP contribution in [0, 0.1) is 13.8 Å². The van der Waals surface area contributed by atoms with Gasteiger partial charge in [-0.3, -0.25) is 4.79 Å². The maximum absolute atomic E-state index is 12.3. The average molecular weight is 384 g/mol. The smallest absolute Gasteiger partial charge is 0.227 e. The second-order valence-electron chi connectivity index (χ2n) is 6.76. The molecule has 27 heavy (non-hydrogen) atoms. The van der Waals surface area contributed by atoms with E-state index in [4.69, 9.17) is 17.0 Å². The van der Waals surface area contributed by atoms with Crippen LogP contribution in [0.5, 0.6) is 0 Å². The normalized spacial score (nSPS) is 13.9. The molecule has 0 saturated carbocycles. The minimum absolute atomic E-state index is 0.144. The highest BCUT2D eigenvalue weighted by Gasteiger charge is 2.16. The van der Waals surface area contributed by atoms with Crippen LogP contribution >= 0.6 is 12.2 Å². The molecule has 1 amide bonds. The van der Waals surface area contributed by atoms with Gasteiger partial charge in [-0.05, 0) is 55.4 Å². The minimum Gasteiger partial charge on any atom is -0.378 e. The van der Waals surface area contributed by atoms with Gasteiger partial charge < -0.3 is 20.3 Å². The van der Waals surface area contributed by atoms with Gasteiger partial charge in [0, 0.05) is 24.5 Å². The van der Waals surface area contributed by atoms with Crippen molar-refractivity contribution in [3.05, 3.63) is 59.2 Å². The molecule has 1 heterocycles. The van der Waals surface area contributed by atoms with Crippen LogP contribution in [-0.2, 0) is 16.0 Å². The molecule has 1 fully saturated rings. The molecule has 142 valence electrons. The summed E-state index contributed by atoms with van der Waals surface area (Å²) >= 11 is 5.40. The molecule has 0 aromatic heterocycles. The second kappa shape index (κ2) is 8.97. The lowest BCUT2D eigenvalue weighted by Gasteiger charge is -2.26. The molecule has 1 saturated heterocycles. The summed E-state index contributed by atoms with van der Waals surface area (Å²) in [5, 5.41) is 6.95. The van der Waals surface area contributed by atoms with Crippen molar-refractivity contribution in [1.82, 2.24) is 4.90 Å². The number of carbonyl (C=O) groups is 1. The molecule has 6 heteroatoms. The lowest BCUT2D eigenvalue weighted by atomic mass is 10.1. The van der Waals surface area contributed by atoms with E-state index in [2.05, 4.69) is 36.6 Å². The number of rotatable bonds is 4. The Morgan fingerprint density at radius 1 is 1.07 bits per heavy atom. The van der Waals surface area contributed by atoms with Gasteiger partial charge >= 0.3 is 0 Å². The van der Waals surface area contributed by atoms with E-state index in [0.717, 1.165) is 22.5 Å². The van der Waals surface area contributed by atoms with Crippen LogP contribution in [0.15, 0.2) is 42.5 Å². The van der Waals surface area contributed by atoms with E-state index in [1.807, 2.05) is 35.2 Å².